The van der Waals surface area contributed by atoms with Crippen LogP contribution in [0.5, 0.6) is 5.75 Å². The van der Waals surface area contributed by atoms with E-state index in [4.69, 9.17) is 4.74 Å². The van der Waals surface area contributed by atoms with Gasteiger partial charge in [-0.05, 0) is 55.8 Å². The molecule has 0 fully saturated rings. The quantitative estimate of drug-likeness (QED) is 0.626. The predicted octanol–water partition coefficient (Wildman–Crippen LogP) is 4.19. The van der Waals surface area contributed by atoms with Gasteiger partial charge in [-0.25, -0.2) is 9.78 Å². The zero-order chi connectivity index (χ0) is 19.6. The van der Waals surface area contributed by atoms with Gasteiger partial charge in [-0.2, -0.15) is 0 Å². The van der Waals surface area contributed by atoms with E-state index in [0.29, 0.717) is 23.6 Å². The van der Waals surface area contributed by atoms with E-state index >= 15 is 0 Å². The van der Waals surface area contributed by atoms with Gasteiger partial charge in [-0.15, -0.1) is 10.2 Å². The van der Waals surface area contributed by atoms with E-state index in [-0.39, 0.29) is 0 Å². The Morgan fingerprint density at radius 1 is 1.19 bits per heavy atom. The summed E-state index contributed by atoms with van der Waals surface area (Å²) in [6.07, 6.45) is 0.358. The molecular formula is C19H19BrN4O3. The summed E-state index contributed by atoms with van der Waals surface area (Å²) >= 11 is 3.40. The standard InChI is InChI=1S/C19H19BrN4O3/c1-4-19(2,17(25)26)27-14-8-6-13(7-9-14)24(3)18-21-15-10-5-12(20)11-16(15)22-23-18/h5-11H,4H2,1-3H3,(H,25,26). The molecule has 0 bridgehead atoms. The van der Waals surface area contributed by atoms with Gasteiger partial charge in [-0.1, -0.05) is 22.9 Å². The average molecular weight is 431 g/mol. The largest absolute Gasteiger partial charge is 0.478 e. The number of anilines is 2. The third-order valence-electron chi connectivity index (χ3n) is 4.40. The highest BCUT2D eigenvalue weighted by atomic mass is 79.9. The second kappa shape index (κ2) is 7.48. The molecule has 140 valence electrons. The zero-order valence-electron chi connectivity index (χ0n) is 15.2. The minimum atomic E-state index is -1.26. The van der Waals surface area contributed by atoms with Crippen LogP contribution in [0.1, 0.15) is 20.3 Å². The number of carbonyl (C=O) groups is 1. The van der Waals surface area contributed by atoms with Crippen molar-refractivity contribution in [3.8, 4) is 5.75 Å². The number of hydrogen-bond donors (Lipinski definition) is 1. The van der Waals surface area contributed by atoms with Gasteiger partial charge in [0.25, 0.3) is 0 Å². The van der Waals surface area contributed by atoms with E-state index in [1.165, 1.54) is 0 Å². The normalized spacial score (nSPS) is 13.2. The van der Waals surface area contributed by atoms with Crippen molar-refractivity contribution in [1.82, 2.24) is 15.2 Å². The summed E-state index contributed by atoms with van der Waals surface area (Å²) in [6.45, 7) is 3.33. The average Bonchev–Trinajstić information content (AvgIpc) is 2.67. The summed E-state index contributed by atoms with van der Waals surface area (Å²) in [5.74, 6) is -0.0443. The van der Waals surface area contributed by atoms with Crippen molar-refractivity contribution < 1.29 is 14.6 Å². The van der Waals surface area contributed by atoms with Gasteiger partial charge in [0.15, 0.2) is 0 Å². The molecule has 0 spiro atoms. The van der Waals surface area contributed by atoms with Gasteiger partial charge in [-0.3, -0.25) is 0 Å². The SMILES string of the molecule is CCC(C)(Oc1ccc(N(C)c2nnc3cc(Br)ccc3n2)cc1)C(=O)O. The van der Waals surface area contributed by atoms with Crippen LogP contribution in [0.3, 0.4) is 0 Å². The highest BCUT2D eigenvalue weighted by Gasteiger charge is 2.33. The molecule has 0 saturated carbocycles. The van der Waals surface area contributed by atoms with Gasteiger partial charge >= 0.3 is 5.97 Å². The molecule has 1 unspecified atom stereocenters. The van der Waals surface area contributed by atoms with E-state index in [1.54, 1.807) is 30.9 Å². The number of fused-ring (bicyclic) bond motifs is 1. The summed E-state index contributed by atoms with van der Waals surface area (Å²) in [5.41, 5.74) is 1.02. The van der Waals surface area contributed by atoms with Crippen LogP contribution < -0.4 is 9.64 Å². The molecule has 27 heavy (non-hydrogen) atoms. The number of hydrogen-bond acceptors (Lipinski definition) is 6. The van der Waals surface area contributed by atoms with Crippen molar-refractivity contribution in [3.05, 3.63) is 46.9 Å². The van der Waals surface area contributed by atoms with Gasteiger partial charge in [0.1, 0.15) is 11.3 Å². The van der Waals surface area contributed by atoms with Crippen molar-refractivity contribution in [1.29, 1.82) is 0 Å². The molecule has 2 aromatic carbocycles. The first-order valence-electron chi connectivity index (χ1n) is 8.38. The molecule has 0 radical (unpaired) electrons. The van der Waals surface area contributed by atoms with Crippen molar-refractivity contribution in [2.24, 2.45) is 0 Å². The fraction of sp³-hybridized carbons (Fsp3) is 0.263. The summed E-state index contributed by atoms with van der Waals surface area (Å²) in [7, 11) is 1.84. The first kappa shape index (κ1) is 19.0. The van der Waals surface area contributed by atoms with Crippen LogP contribution in [-0.2, 0) is 4.79 Å². The van der Waals surface area contributed by atoms with Gasteiger partial charge in [0.2, 0.25) is 11.5 Å². The van der Waals surface area contributed by atoms with Crippen LogP contribution in [0.25, 0.3) is 11.0 Å². The summed E-state index contributed by atoms with van der Waals surface area (Å²) in [6, 6.07) is 12.7. The molecule has 1 aromatic heterocycles. The third kappa shape index (κ3) is 4.00. The Morgan fingerprint density at radius 2 is 1.89 bits per heavy atom. The molecule has 0 amide bonds. The summed E-state index contributed by atoms with van der Waals surface area (Å²) in [5, 5.41) is 17.7. The first-order chi connectivity index (χ1) is 12.8. The van der Waals surface area contributed by atoms with Gasteiger partial charge in [0.05, 0.1) is 5.52 Å². The Kier molecular flexibility index (Phi) is 5.27. The molecule has 1 heterocycles. The highest BCUT2D eigenvalue weighted by molar-refractivity contribution is 9.10. The molecule has 7 nitrogen and oxygen atoms in total. The summed E-state index contributed by atoms with van der Waals surface area (Å²) < 4.78 is 6.58. The van der Waals surface area contributed by atoms with Crippen LogP contribution in [0.15, 0.2) is 46.9 Å². The Labute approximate surface area is 165 Å². The predicted molar refractivity (Wildman–Crippen MR) is 106 cm³/mol. The molecule has 0 aliphatic carbocycles. The molecule has 8 heteroatoms. The number of halogens is 1. The van der Waals surface area contributed by atoms with Gasteiger partial charge < -0.3 is 14.7 Å². The first-order valence-corrected chi connectivity index (χ1v) is 9.18. The molecular weight excluding hydrogens is 412 g/mol. The fourth-order valence-corrected chi connectivity index (χ4v) is 2.77. The topological polar surface area (TPSA) is 88.4 Å². The molecule has 0 aliphatic rings. The Hall–Kier alpha value is -2.74. The molecule has 0 aliphatic heterocycles. The molecule has 1 atom stereocenters. The molecule has 3 aromatic rings. The monoisotopic (exact) mass is 430 g/mol. The summed E-state index contributed by atoms with van der Waals surface area (Å²) in [4.78, 5) is 17.7. The molecule has 1 N–H and O–H groups in total. The Bertz CT molecular complexity index is 980. The Morgan fingerprint density at radius 3 is 2.52 bits per heavy atom. The lowest BCUT2D eigenvalue weighted by molar-refractivity contribution is -0.154. The highest BCUT2D eigenvalue weighted by Crippen LogP contribution is 2.27. The zero-order valence-corrected chi connectivity index (χ0v) is 16.8. The Balaban J connectivity index is 1.82. The maximum absolute atomic E-state index is 11.4. The van der Waals surface area contributed by atoms with Crippen LogP contribution >= 0.6 is 15.9 Å². The fourth-order valence-electron chi connectivity index (χ4n) is 2.42. The number of nitrogens with zero attached hydrogens (tertiary/aromatic N) is 4. The lowest BCUT2D eigenvalue weighted by Gasteiger charge is -2.25. The van der Waals surface area contributed by atoms with Crippen molar-refractivity contribution in [2.75, 3.05) is 11.9 Å². The third-order valence-corrected chi connectivity index (χ3v) is 4.89. The minimum absolute atomic E-state index is 0.358. The number of carboxylic acids is 1. The minimum Gasteiger partial charge on any atom is -0.478 e. The lowest BCUT2D eigenvalue weighted by atomic mass is 10.0. The van der Waals surface area contributed by atoms with Crippen LogP contribution in [0, 0.1) is 0 Å². The second-order valence-electron chi connectivity index (χ2n) is 6.29. The van der Waals surface area contributed by atoms with E-state index in [0.717, 1.165) is 15.7 Å². The molecule has 0 saturated heterocycles. The van der Waals surface area contributed by atoms with Crippen LogP contribution in [-0.4, -0.2) is 38.9 Å². The smallest absolute Gasteiger partial charge is 0.347 e. The van der Waals surface area contributed by atoms with E-state index in [2.05, 4.69) is 31.1 Å². The number of aromatic nitrogens is 3. The number of carboxylic acid groups (broad SMARTS) is 1. The number of ether oxygens (including phenoxy) is 1. The lowest BCUT2D eigenvalue weighted by Crippen LogP contribution is -2.40. The maximum atomic E-state index is 11.4. The van der Waals surface area contributed by atoms with E-state index < -0.39 is 11.6 Å². The van der Waals surface area contributed by atoms with Crippen LogP contribution in [0.2, 0.25) is 0 Å². The number of benzene rings is 2. The number of rotatable bonds is 6. The van der Waals surface area contributed by atoms with Crippen LogP contribution in [0.4, 0.5) is 11.6 Å². The van der Waals surface area contributed by atoms with Crippen molar-refractivity contribution >= 4 is 44.6 Å². The van der Waals surface area contributed by atoms with E-state index in [9.17, 15) is 9.90 Å². The molecule has 3 rings (SSSR count). The van der Waals surface area contributed by atoms with E-state index in [1.807, 2.05) is 37.4 Å². The number of aliphatic carboxylic acids is 1. The second-order valence-corrected chi connectivity index (χ2v) is 7.21. The maximum Gasteiger partial charge on any atom is 0.347 e. The van der Waals surface area contributed by atoms with Crippen molar-refractivity contribution in [2.45, 2.75) is 25.9 Å². The van der Waals surface area contributed by atoms with Gasteiger partial charge in [0, 0.05) is 17.2 Å². The van der Waals surface area contributed by atoms with Crippen molar-refractivity contribution in [3.63, 3.8) is 0 Å².